The molecule has 2 aliphatic rings. The van der Waals surface area contributed by atoms with Crippen LogP contribution in [0.15, 0.2) is 12.1 Å². The zero-order chi connectivity index (χ0) is 24.5. The second kappa shape index (κ2) is 12.5. The number of carbonyl (C=O) groups excluding carboxylic acids is 2. The van der Waals surface area contributed by atoms with Gasteiger partial charge in [0.1, 0.15) is 24.6 Å². The fourth-order valence-corrected chi connectivity index (χ4v) is 4.50. The number of amides is 2. The van der Waals surface area contributed by atoms with Crippen LogP contribution < -0.4 is 20.7 Å². The first-order valence-corrected chi connectivity index (χ1v) is 11.8. The van der Waals surface area contributed by atoms with Gasteiger partial charge >= 0.3 is 0 Å². The van der Waals surface area contributed by atoms with E-state index in [-0.39, 0.29) is 30.8 Å². The quantitative estimate of drug-likeness (QED) is 0.200. The third-order valence-electron chi connectivity index (χ3n) is 6.17. The summed E-state index contributed by atoms with van der Waals surface area (Å²) in [5, 5.41) is 28.9. The van der Waals surface area contributed by atoms with Crippen molar-refractivity contribution in [1.82, 2.24) is 10.6 Å². The molecule has 1 aromatic carbocycles. The summed E-state index contributed by atoms with van der Waals surface area (Å²) in [6.45, 7) is 3.16. The number of hydrogen-bond donors (Lipinski definition) is 4. The monoisotopic (exact) mass is 478 g/mol. The van der Waals surface area contributed by atoms with Gasteiger partial charge in [0.15, 0.2) is 0 Å². The van der Waals surface area contributed by atoms with Crippen molar-refractivity contribution < 1.29 is 29.4 Å². The van der Waals surface area contributed by atoms with Gasteiger partial charge in [-0.1, -0.05) is 12.8 Å². The fraction of sp³-hybridized carbons (Fsp3) is 0.652. The Morgan fingerprint density at radius 3 is 2.88 bits per heavy atom. The first kappa shape index (κ1) is 25.7. The smallest absolute Gasteiger partial charge is 0.294 e. The van der Waals surface area contributed by atoms with E-state index in [2.05, 4.69) is 16.0 Å². The van der Waals surface area contributed by atoms with Gasteiger partial charge < -0.3 is 30.6 Å². The summed E-state index contributed by atoms with van der Waals surface area (Å²) in [6.07, 6.45) is 3.11. The van der Waals surface area contributed by atoms with E-state index in [9.17, 15) is 24.8 Å². The molecular weight excluding hydrogens is 444 g/mol. The Balaban J connectivity index is 1.32. The number of rotatable bonds is 12. The van der Waals surface area contributed by atoms with Crippen molar-refractivity contribution in [3.63, 3.8) is 0 Å². The SMILES string of the molecule is Cc1cc2c(c(OCC(O)CNCCNC(=O)C[C@@H]3CCCC[C@H]3O[N+](=O)[O-])c1)CCC(=O)N2. The van der Waals surface area contributed by atoms with Crippen LogP contribution in [0, 0.1) is 23.0 Å². The van der Waals surface area contributed by atoms with Crippen LogP contribution >= 0.6 is 0 Å². The van der Waals surface area contributed by atoms with Gasteiger partial charge in [-0.15, -0.1) is 10.1 Å². The first-order chi connectivity index (χ1) is 16.3. The summed E-state index contributed by atoms with van der Waals surface area (Å²) in [5.74, 6) is 0.352. The molecule has 0 radical (unpaired) electrons. The highest BCUT2D eigenvalue weighted by atomic mass is 17.0. The molecule has 0 bridgehead atoms. The maximum atomic E-state index is 12.2. The van der Waals surface area contributed by atoms with Gasteiger partial charge in [0.05, 0.1) is 0 Å². The van der Waals surface area contributed by atoms with Crippen molar-refractivity contribution in [3.05, 3.63) is 33.4 Å². The molecule has 0 spiro atoms. The summed E-state index contributed by atoms with van der Waals surface area (Å²) >= 11 is 0. The Kier molecular flexibility index (Phi) is 9.46. The summed E-state index contributed by atoms with van der Waals surface area (Å²) in [6, 6.07) is 3.81. The topological polar surface area (TPSA) is 152 Å². The van der Waals surface area contributed by atoms with Gasteiger partial charge in [0.25, 0.3) is 5.09 Å². The van der Waals surface area contributed by atoms with Crippen LogP contribution in [0.25, 0.3) is 0 Å². The molecule has 188 valence electrons. The number of aliphatic hydroxyl groups excluding tert-OH is 1. The number of anilines is 1. The van der Waals surface area contributed by atoms with Crippen LogP contribution in [-0.2, 0) is 20.8 Å². The van der Waals surface area contributed by atoms with Gasteiger partial charge in [-0.05, 0) is 49.8 Å². The molecule has 1 heterocycles. The molecule has 1 saturated carbocycles. The molecule has 34 heavy (non-hydrogen) atoms. The third-order valence-corrected chi connectivity index (χ3v) is 6.17. The molecule has 1 unspecified atom stereocenters. The molecule has 0 aromatic heterocycles. The number of aryl methyl sites for hydroxylation is 1. The minimum Gasteiger partial charge on any atom is -0.490 e. The van der Waals surface area contributed by atoms with E-state index in [0.717, 1.165) is 36.1 Å². The van der Waals surface area contributed by atoms with Gasteiger partial charge in [0, 0.05) is 43.7 Å². The van der Waals surface area contributed by atoms with E-state index in [1.54, 1.807) is 0 Å². The molecule has 11 heteroatoms. The predicted molar refractivity (Wildman–Crippen MR) is 124 cm³/mol. The lowest BCUT2D eigenvalue weighted by Crippen LogP contribution is -2.39. The average molecular weight is 479 g/mol. The van der Waals surface area contributed by atoms with Crippen molar-refractivity contribution in [2.24, 2.45) is 5.92 Å². The maximum absolute atomic E-state index is 12.2. The molecule has 1 fully saturated rings. The van der Waals surface area contributed by atoms with Crippen LogP contribution in [0.4, 0.5) is 5.69 Å². The van der Waals surface area contributed by atoms with E-state index in [1.165, 1.54) is 0 Å². The number of aliphatic hydroxyl groups is 1. The van der Waals surface area contributed by atoms with Gasteiger partial charge in [-0.2, -0.15) is 0 Å². The number of benzene rings is 1. The number of ether oxygens (including phenoxy) is 1. The second-order valence-electron chi connectivity index (χ2n) is 8.97. The second-order valence-corrected chi connectivity index (χ2v) is 8.97. The van der Waals surface area contributed by atoms with E-state index in [0.29, 0.717) is 44.6 Å². The number of fused-ring (bicyclic) bond motifs is 1. The van der Waals surface area contributed by atoms with Crippen molar-refractivity contribution in [2.75, 3.05) is 31.6 Å². The fourth-order valence-electron chi connectivity index (χ4n) is 4.50. The molecular formula is C23H34N4O7. The molecule has 4 N–H and O–H groups in total. The zero-order valence-electron chi connectivity index (χ0n) is 19.5. The molecule has 2 amide bonds. The number of hydrogen-bond acceptors (Lipinski definition) is 8. The van der Waals surface area contributed by atoms with Gasteiger partial charge in [-0.3, -0.25) is 9.59 Å². The average Bonchev–Trinajstić information content (AvgIpc) is 2.77. The molecule has 1 aromatic rings. The Hall–Kier alpha value is -2.92. The lowest BCUT2D eigenvalue weighted by atomic mass is 9.84. The van der Waals surface area contributed by atoms with E-state index >= 15 is 0 Å². The Labute approximate surface area is 198 Å². The Morgan fingerprint density at radius 1 is 1.29 bits per heavy atom. The zero-order valence-corrected chi connectivity index (χ0v) is 19.5. The molecule has 0 saturated heterocycles. The number of nitrogens with zero attached hydrogens (tertiary/aromatic N) is 1. The lowest BCUT2D eigenvalue weighted by Gasteiger charge is -2.29. The van der Waals surface area contributed by atoms with E-state index < -0.39 is 17.3 Å². The summed E-state index contributed by atoms with van der Waals surface area (Å²) in [7, 11) is 0. The summed E-state index contributed by atoms with van der Waals surface area (Å²) < 4.78 is 5.83. The molecule has 3 atom stereocenters. The summed E-state index contributed by atoms with van der Waals surface area (Å²) in [5.41, 5.74) is 2.67. The third kappa shape index (κ3) is 7.84. The van der Waals surface area contributed by atoms with E-state index in [4.69, 9.17) is 9.57 Å². The first-order valence-electron chi connectivity index (χ1n) is 11.8. The van der Waals surface area contributed by atoms with Crippen LogP contribution in [0.3, 0.4) is 0 Å². The normalized spacial score (nSPS) is 20.6. The van der Waals surface area contributed by atoms with Crippen LogP contribution in [-0.4, -0.2) is 60.5 Å². The van der Waals surface area contributed by atoms with Crippen LogP contribution in [0.5, 0.6) is 5.75 Å². The Morgan fingerprint density at radius 2 is 2.09 bits per heavy atom. The van der Waals surface area contributed by atoms with Crippen molar-refractivity contribution >= 4 is 17.5 Å². The number of carbonyl (C=O) groups is 2. The molecule has 1 aliphatic carbocycles. The maximum Gasteiger partial charge on any atom is 0.294 e. The minimum atomic E-state index is -0.772. The van der Waals surface area contributed by atoms with Crippen molar-refractivity contribution in [3.8, 4) is 5.75 Å². The largest absolute Gasteiger partial charge is 0.490 e. The van der Waals surface area contributed by atoms with Crippen LogP contribution in [0.1, 0.15) is 49.7 Å². The number of nitrogens with one attached hydrogen (secondary N) is 3. The van der Waals surface area contributed by atoms with E-state index in [1.807, 2.05) is 19.1 Å². The van der Waals surface area contributed by atoms with Crippen molar-refractivity contribution in [1.29, 1.82) is 0 Å². The molecule has 1 aliphatic heterocycles. The molecule has 11 nitrogen and oxygen atoms in total. The summed E-state index contributed by atoms with van der Waals surface area (Å²) in [4.78, 5) is 39.2. The predicted octanol–water partition coefficient (Wildman–Crippen LogP) is 1.48. The van der Waals surface area contributed by atoms with Gasteiger partial charge in [0.2, 0.25) is 11.8 Å². The lowest BCUT2D eigenvalue weighted by molar-refractivity contribution is -0.771. The standard InChI is InChI=1S/C23H34N4O7/c1-15-10-19-18(6-7-22(29)26-19)21(11-15)33-14-17(28)13-24-8-9-25-23(30)12-16-4-2-3-5-20(16)34-27(31)32/h10-11,16-17,20,24,28H,2-9,12-14H2,1H3,(H,25,30)(H,26,29)/t16-,17?,20+/m0/s1. The van der Waals surface area contributed by atoms with Crippen LogP contribution in [0.2, 0.25) is 0 Å². The highest BCUT2D eigenvalue weighted by molar-refractivity contribution is 5.94. The van der Waals surface area contributed by atoms with Gasteiger partial charge in [-0.25, -0.2) is 0 Å². The van der Waals surface area contributed by atoms with Crippen molar-refractivity contribution in [2.45, 2.75) is 64.1 Å². The highest BCUT2D eigenvalue weighted by Crippen LogP contribution is 2.33. The molecule has 3 rings (SSSR count). The minimum absolute atomic E-state index is 0.0103. The highest BCUT2D eigenvalue weighted by Gasteiger charge is 2.29. The Bertz CT molecular complexity index is 879.